The van der Waals surface area contributed by atoms with Crippen LogP contribution in [-0.4, -0.2) is 35.4 Å². The summed E-state index contributed by atoms with van der Waals surface area (Å²) in [7, 11) is -2.92. The molecule has 0 amide bonds. The maximum atomic E-state index is 11.6. The number of rotatable bonds is 4. The van der Waals surface area contributed by atoms with Gasteiger partial charge in [0.15, 0.2) is 9.84 Å². The predicted octanol–water partition coefficient (Wildman–Crippen LogP) is 2.18. The Bertz CT molecular complexity index is 576. The molecule has 2 rings (SSSR count). The van der Waals surface area contributed by atoms with Crippen molar-refractivity contribution in [2.45, 2.75) is 38.6 Å². The van der Waals surface area contributed by atoms with E-state index in [2.05, 4.69) is 38.1 Å². The molecule has 1 saturated heterocycles. The van der Waals surface area contributed by atoms with Crippen LogP contribution in [-0.2, 0) is 16.3 Å². The van der Waals surface area contributed by atoms with Gasteiger partial charge in [0.1, 0.15) is 16.2 Å². The van der Waals surface area contributed by atoms with Crippen LogP contribution < -0.4 is 5.32 Å². The molecule has 1 atom stereocenters. The highest BCUT2D eigenvalue weighted by Crippen LogP contribution is 2.27. The van der Waals surface area contributed by atoms with Crippen molar-refractivity contribution in [3.05, 3.63) is 16.5 Å². The molecule has 5 nitrogen and oxygen atoms in total. The van der Waals surface area contributed by atoms with Crippen LogP contribution in [0.2, 0.25) is 0 Å². The number of aryl methyl sites for hydroxylation is 1. The van der Waals surface area contributed by atoms with Gasteiger partial charge in [-0.05, 0) is 35.7 Å². The molecule has 0 radical (unpaired) electrons. The van der Waals surface area contributed by atoms with Crippen LogP contribution in [0.1, 0.15) is 32.5 Å². The molecule has 0 saturated carbocycles. The Balaban J connectivity index is 2.19. The zero-order chi connectivity index (χ0) is 14.1. The molecule has 2 heterocycles. The molecule has 7 heteroatoms. The fourth-order valence-electron chi connectivity index (χ4n) is 2.28. The summed E-state index contributed by atoms with van der Waals surface area (Å²) in [5.41, 5.74) is -0.434. The van der Waals surface area contributed by atoms with E-state index in [0.29, 0.717) is 12.2 Å². The summed E-state index contributed by atoms with van der Waals surface area (Å²) in [6.45, 7) is 4.00. The van der Waals surface area contributed by atoms with Crippen LogP contribution in [0, 0.1) is 0 Å². The average molecular weight is 348 g/mol. The summed E-state index contributed by atoms with van der Waals surface area (Å²) >= 11 is 3.36. The SMILES string of the molecule is CCCc1nc(Br)cc(NC2(C)CCS(=O)(=O)C2)n1. The highest BCUT2D eigenvalue weighted by molar-refractivity contribution is 9.10. The maximum Gasteiger partial charge on any atom is 0.152 e. The molecule has 1 N–H and O–H groups in total. The van der Waals surface area contributed by atoms with Gasteiger partial charge in [-0.2, -0.15) is 0 Å². The van der Waals surface area contributed by atoms with Crippen molar-refractivity contribution in [3.8, 4) is 0 Å². The van der Waals surface area contributed by atoms with Gasteiger partial charge in [0, 0.05) is 12.5 Å². The molecule has 106 valence electrons. The summed E-state index contributed by atoms with van der Waals surface area (Å²) in [6.07, 6.45) is 2.39. The van der Waals surface area contributed by atoms with E-state index < -0.39 is 15.4 Å². The first-order chi connectivity index (χ1) is 8.82. The van der Waals surface area contributed by atoms with E-state index in [1.165, 1.54) is 0 Å². The van der Waals surface area contributed by atoms with Gasteiger partial charge < -0.3 is 5.32 Å². The van der Waals surface area contributed by atoms with Crippen molar-refractivity contribution in [1.29, 1.82) is 0 Å². The minimum atomic E-state index is -2.92. The number of sulfone groups is 1. The molecule has 1 aromatic rings. The van der Waals surface area contributed by atoms with Gasteiger partial charge in [0.05, 0.1) is 17.0 Å². The van der Waals surface area contributed by atoms with Gasteiger partial charge in [-0.3, -0.25) is 0 Å². The van der Waals surface area contributed by atoms with Crippen molar-refractivity contribution in [1.82, 2.24) is 9.97 Å². The van der Waals surface area contributed by atoms with Crippen molar-refractivity contribution in [3.63, 3.8) is 0 Å². The third kappa shape index (κ3) is 3.89. The molecular weight excluding hydrogens is 330 g/mol. The van der Waals surface area contributed by atoms with E-state index in [1.807, 2.05) is 6.92 Å². The first-order valence-electron chi connectivity index (χ1n) is 6.34. The van der Waals surface area contributed by atoms with Crippen molar-refractivity contribution in [2.24, 2.45) is 0 Å². The Kier molecular flexibility index (Phi) is 4.15. The molecule has 0 aliphatic carbocycles. The molecule has 0 spiro atoms. The Morgan fingerprint density at radius 2 is 2.21 bits per heavy atom. The highest BCUT2D eigenvalue weighted by Gasteiger charge is 2.38. The van der Waals surface area contributed by atoms with Crippen LogP contribution >= 0.6 is 15.9 Å². The summed E-state index contributed by atoms with van der Waals surface area (Å²) < 4.78 is 23.9. The molecule has 19 heavy (non-hydrogen) atoms. The molecule has 0 bridgehead atoms. The topological polar surface area (TPSA) is 72.0 Å². The fourth-order valence-corrected chi connectivity index (χ4v) is 4.80. The van der Waals surface area contributed by atoms with Crippen LogP contribution in [0.15, 0.2) is 10.7 Å². The standard InChI is InChI=1S/C12H18BrN3O2S/c1-3-4-10-14-9(13)7-11(15-10)16-12(2)5-6-19(17,18)8-12/h7H,3-6,8H2,1-2H3,(H,14,15,16). The summed E-state index contributed by atoms with van der Waals surface area (Å²) in [5.74, 6) is 1.85. The molecule has 1 aromatic heterocycles. The number of halogens is 1. The van der Waals surface area contributed by atoms with E-state index in [0.717, 1.165) is 23.3 Å². The Labute approximate surface area is 122 Å². The Hall–Kier alpha value is -0.690. The first-order valence-corrected chi connectivity index (χ1v) is 8.95. The molecular formula is C12H18BrN3O2S. The Morgan fingerprint density at radius 3 is 2.79 bits per heavy atom. The van der Waals surface area contributed by atoms with Crippen LogP contribution in [0.25, 0.3) is 0 Å². The lowest BCUT2D eigenvalue weighted by atomic mass is 10.0. The molecule has 1 aliphatic rings. The largest absolute Gasteiger partial charge is 0.364 e. The number of anilines is 1. The van der Waals surface area contributed by atoms with Gasteiger partial charge in [-0.25, -0.2) is 18.4 Å². The molecule has 1 aliphatic heterocycles. The van der Waals surface area contributed by atoms with E-state index in [-0.39, 0.29) is 11.5 Å². The number of hydrogen-bond donors (Lipinski definition) is 1. The number of nitrogens with one attached hydrogen (secondary N) is 1. The van der Waals surface area contributed by atoms with Gasteiger partial charge in [-0.1, -0.05) is 6.92 Å². The maximum absolute atomic E-state index is 11.6. The first kappa shape index (κ1) is 14.7. The van der Waals surface area contributed by atoms with Crippen molar-refractivity contribution >= 4 is 31.6 Å². The van der Waals surface area contributed by atoms with Gasteiger partial charge in [0.25, 0.3) is 0 Å². The minimum absolute atomic E-state index is 0.157. The van der Waals surface area contributed by atoms with Crippen LogP contribution in [0.3, 0.4) is 0 Å². The predicted molar refractivity (Wildman–Crippen MR) is 79.0 cm³/mol. The quantitative estimate of drug-likeness (QED) is 0.845. The Morgan fingerprint density at radius 1 is 1.47 bits per heavy atom. The average Bonchev–Trinajstić information content (AvgIpc) is 2.52. The lowest BCUT2D eigenvalue weighted by Crippen LogP contribution is -2.36. The highest BCUT2D eigenvalue weighted by atomic mass is 79.9. The van der Waals surface area contributed by atoms with Crippen molar-refractivity contribution < 1.29 is 8.42 Å². The third-order valence-electron chi connectivity index (χ3n) is 3.15. The van der Waals surface area contributed by atoms with E-state index in [4.69, 9.17) is 0 Å². The van der Waals surface area contributed by atoms with Gasteiger partial charge >= 0.3 is 0 Å². The fraction of sp³-hybridized carbons (Fsp3) is 0.667. The van der Waals surface area contributed by atoms with Gasteiger partial charge in [0.2, 0.25) is 0 Å². The second-order valence-electron chi connectivity index (χ2n) is 5.27. The zero-order valence-corrected chi connectivity index (χ0v) is 13.5. The molecule has 0 aromatic carbocycles. The van der Waals surface area contributed by atoms with E-state index >= 15 is 0 Å². The number of nitrogens with zero attached hydrogens (tertiary/aromatic N) is 2. The van der Waals surface area contributed by atoms with E-state index in [9.17, 15) is 8.42 Å². The van der Waals surface area contributed by atoms with Crippen LogP contribution in [0.4, 0.5) is 5.82 Å². The van der Waals surface area contributed by atoms with E-state index in [1.54, 1.807) is 6.07 Å². The summed E-state index contributed by atoms with van der Waals surface area (Å²) in [4.78, 5) is 8.73. The summed E-state index contributed by atoms with van der Waals surface area (Å²) in [5, 5.41) is 3.25. The smallest absolute Gasteiger partial charge is 0.152 e. The summed E-state index contributed by atoms with van der Waals surface area (Å²) in [6, 6.07) is 1.79. The second-order valence-corrected chi connectivity index (χ2v) is 8.27. The lowest BCUT2D eigenvalue weighted by molar-refractivity contribution is 0.571. The van der Waals surface area contributed by atoms with Gasteiger partial charge in [-0.15, -0.1) is 0 Å². The monoisotopic (exact) mass is 347 g/mol. The lowest BCUT2D eigenvalue weighted by Gasteiger charge is -2.24. The van der Waals surface area contributed by atoms with Crippen LogP contribution in [0.5, 0.6) is 0 Å². The normalized spacial score (nSPS) is 25.4. The minimum Gasteiger partial charge on any atom is -0.364 e. The number of aromatic nitrogens is 2. The third-order valence-corrected chi connectivity index (χ3v) is 5.46. The molecule has 1 unspecified atom stereocenters. The molecule has 1 fully saturated rings. The van der Waals surface area contributed by atoms with Crippen molar-refractivity contribution in [2.75, 3.05) is 16.8 Å². The zero-order valence-electron chi connectivity index (χ0n) is 11.1. The number of hydrogen-bond acceptors (Lipinski definition) is 5. The second kappa shape index (κ2) is 5.36.